The van der Waals surface area contributed by atoms with Gasteiger partial charge < -0.3 is 15.2 Å². The number of carbonyl (C=O) groups is 1. The number of esters is 1. The summed E-state index contributed by atoms with van der Waals surface area (Å²) in [7, 11) is 0. The van der Waals surface area contributed by atoms with Crippen molar-refractivity contribution in [3.63, 3.8) is 0 Å². The number of hydrogen-bond acceptors (Lipinski definition) is 7. The van der Waals surface area contributed by atoms with Gasteiger partial charge in [0, 0.05) is 23.1 Å². The third kappa shape index (κ3) is 3.77. The highest BCUT2D eigenvalue weighted by Gasteiger charge is 2.37. The van der Waals surface area contributed by atoms with Crippen LogP contribution in [0.4, 0.5) is 0 Å². The third-order valence-corrected chi connectivity index (χ3v) is 3.44. The van der Waals surface area contributed by atoms with Gasteiger partial charge in [0.15, 0.2) is 0 Å². The number of aromatic amines is 1. The number of carbonyl (C=O) groups excluding carboxylic acids is 1. The molecule has 0 radical (unpaired) electrons. The number of nitrogens with one attached hydrogen (secondary N) is 1. The molecule has 0 bridgehead atoms. The molecule has 11 heteroatoms. The van der Waals surface area contributed by atoms with Crippen molar-refractivity contribution in [1.29, 1.82) is 0 Å². The van der Waals surface area contributed by atoms with Crippen LogP contribution in [0.5, 0.6) is 0 Å². The molecule has 0 saturated carbocycles. The topological polar surface area (TPSA) is 165 Å². The highest BCUT2D eigenvalue weighted by Crippen LogP contribution is 2.30. The van der Waals surface area contributed by atoms with Crippen LogP contribution in [0.1, 0.15) is 18.2 Å². The zero-order chi connectivity index (χ0) is 17.0. The van der Waals surface area contributed by atoms with Crippen molar-refractivity contribution in [2.45, 2.75) is 31.7 Å². The Morgan fingerprint density at radius 1 is 1.65 bits per heavy atom. The van der Waals surface area contributed by atoms with Crippen LogP contribution in [-0.2, 0) is 14.3 Å². The Morgan fingerprint density at radius 3 is 3.04 bits per heavy atom. The molecule has 0 spiro atoms. The van der Waals surface area contributed by atoms with Crippen molar-refractivity contribution in [2.24, 2.45) is 10.8 Å². The molecule has 1 fully saturated rings. The molecule has 1 aromatic heterocycles. The monoisotopic (exact) mass is 324 g/mol. The van der Waals surface area contributed by atoms with E-state index in [1.165, 1.54) is 10.8 Å². The number of aryl methyl sites for hydroxylation is 1. The first-order valence-corrected chi connectivity index (χ1v) is 6.83. The van der Waals surface area contributed by atoms with Gasteiger partial charge in [-0.1, -0.05) is 5.11 Å². The molecule has 0 aliphatic carbocycles. The Morgan fingerprint density at radius 2 is 2.39 bits per heavy atom. The summed E-state index contributed by atoms with van der Waals surface area (Å²) >= 11 is 0. The van der Waals surface area contributed by atoms with Gasteiger partial charge in [0.2, 0.25) is 0 Å². The second-order valence-electron chi connectivity index (χ2n) is 5.00. The van der Waals surface area contributed by atoms with Gasteiger partial charge in [-0.05, 0) is 12.5 Å². The van der Waals surface area contributed by atoms with Crippen LogP contribution in [-0.4, -0.2) is 40.8 Å². The van der Waals surface area contributed by atoms with Crippen LogP contribution < -0.4 is 17.0 Å². The predicted octanol–water partition coefficient (Wildman–Crippen LogP) is -0.687. The van der Waals surface area contributed by atoms with E-state index in [0.29, 0.717) is 5.56 Å². The van der Waals surface area contributed by atoms with Gasteiger partial charge in [0.25, 0.3) is 5.56 Å². The Kier molecular flexibility index (Phi) is 5.16. The highest BCUT2D eigenvalue weighted by atomic mass is 16.6. The molecule has 1 aromatic rings. The standard InChI is InChI=1S/C12H16N6O5/c1-6-4-18(12(21)15-11(6)20)9-2-7(16-17-14)8(23-9)5-22-10(19)3-13/h4,7-9H,2-3,5,13H2,1H3,(H,15,20,21). The molecular weight excluding hydrogens is 308 g/mol. The van der Waals surface area contributed by atoms with Crippen molar-refractivity contribution in [1.82, 2.24) is 9.55 Å². The van der Waals surface area contributed by atoms with E-state index >= 15 is 0 Å². The lowest BCUT2D eigenvalue weighted by atomic mass is 10.1. The van der Waals surface area contributed by atoms with Crippen molar-refractivity contribution < 1.29 is 14.3 Å². The third-order valence-electron chi connectivity index (χ3n) is 3.44. The van der Waals surface area contributed by atoms with E-state index in [2.05, 4.69) is 15.0 Å². The molecule has 1 aliphatic heterocycles. The molecule has 124 valence electrons. The number of hydrogen-bond donors (Lipinski definition) is 2. The fourth-order valence-corrected chi connectivity index (χ4v) is 2.26. The summed E-state index contributed by atoms with van der Waals surface area (Å²) in [5.41, 5.74) is 13.0. The fourth-order valence-electron chi connectivity index (χ4n) is 2.26. The predicted molar refractivity (Wildman–Crippen MR) is 77.5 cm³/mol. The SMILES string of the molecule is Cc1cn(C2CC(N=[N+]=[N-])C(COC(=O)CN)O2)c(=O)[nH]c1=O. The number of nitrogens with zero attached hydrogens (tertiary/aromatic N) is 4. The van der Waals surface area contributed by atoms with Gasteiger partial charge in [-0.15, -0.1) is 0 Å². The van der Waals surface area contributed by atoms with Crippen molar-refractivity contribution in [3.8, 4) is 0 Å². The second kappa shape index (κ2) is 7.09. The first-order chi connectivity index (χ1) is 11.0. The van der Waals surface area contributed by atoms with Crippen LogP contribution in [0.2, 0.25) is 0 Å². The Labute approximate surface area is 129 Å². The average Bonchev–Trinajstić information content (AvgIpc) is 2.91. The normalized spacial score (nSPS) is 23.3. The molecule has 1 saturated heterocycles. The van der Waals surface area contributed by atoms with Crippen molar-refractivity contribution >= 4 is 5.97 Å². The molecule has 2 heterocycles. The summed E-state index contributed by atoms with van der Waals surface area (Å²) in [5, 5.41) is 3.60. The van der Waals surface area contributed by atoms with Gasteiger partial charge >= 0.3 is 11.7 Å². The van der Waals surface area contributed by atoms with E-state index in [1.54, 1.807) is 6.92 Å². The quantitative estimate of drug-likeness (QED) is 0.315. The molecule has 1 aliphatic rings. The van der Waals surface area contributed by atoms with Crippen molar-refractivity contribution in [3.05, 3.63) is 43.0 Å². The number of aromatic nitrogens is 2. The average molecular weight is 324 g/mol. The number of nitrogens with two attached hydrogens (primary N) is 1. The van der Waals surface area contributed by atoms with Gasteiger partial charge in [0.05, 0.1) is 12.6 Å². The molecule has 11 nitrogen and oxygen atoms in total. The molecule has 3 unspecified atom stereocenters. The Balaban J connectivity index is 2.21. The van der Waals surface area contributed by atoms with Crippen LogP contribution >= 0.6 is 0 Å². The maximum absolute atomic E-state index is 11.9. The van der Waals surface area contributed by atoms with Gasteiger partial charge in [-0.2, -0.15) is 0 Å². The van der Waals surface area contributed by atoms with Crippen LogP contribution in [0.15, 0.2) is 20.9 Å². The first-order valence-electron chi connectivity index (χ1n) is 6.83. The number of azide groups is 1. The number of ether oxygens (including phenoxy) is 2. The van der Waals surface area contributed by atoms with E-state index in [0.717, 1.165) is 0 Å². The van der Waals surface area contributed by atoms with E-state index in [4.69, 9.17) is 20.7 Å². The Bertz CT molecular complexity index is 749. The van der Waals surface area contributed by atoms with E-state index in [-0.39, 0.29) is 19.6 Å². The van der Waals surface area contributed by atoms with E-state index < -0.39 is 35.6 Å². The lowest BCUT2D eigenvalue weighted by Crippen LogP contribution is -2.33. The maximum atomic E-state index is 11.9. The Hall–Kier alpha value is -2.62. The van der Waals surface area contributed by atoms with Gasteiger partial charge in [-0.25, -0.2) is 4.79 Å². The van der Waals surface area contributed by atoms with E-state index in [9.17, 15) is 14.4 Å². The molecular formula is C12H16N6O5. The van der Waals surface area contributed by atoms with E-state index in [1.807, 2.05) is 0 Å². The number of rotatable bonds is 5. The molecule has 23 heavy (non-hydrogen) atoms. The summed E-state index contributed by atoms with van der Waals surface area (Å²) < 4.78 is 11.7. The fraction of sp³-hybridized carbons (Fsp3) is 0.583. The van der Waals surface area contributed by atoms with Crippen LogP contribution in [0, 0.1) is 6.92 Å². The van der Waals surface area contributed by atoms with Crippen LogP contribution in [0.25, 0.3) is 10.4 Å². The molecule has 0 amide bonds. The molecule has 2 rings (SSSR count). The van der Waals surface area contributed by atoms with Crippen molar-refractivity contribution in [2.75, 3.05) is 13.2 Å². The molecule has 3 atom stereocenters. The zero-order valence-corrected chi connectivity index (χ0v) is 12.3. The smallest absolute Gasteiger partial charge is 0.330 e. The minimum absolute atomic E-state index is 0.146. The summed E-state index contributed by atoms with van der Waals surface area (Å²) in [5.74, 6) is -0.617. The molecule has 0 aromatic carbocycles. The summed E-state index contributed by atoms with van der Waals surface area (Å²) in [6.07, 6.45) is 0.133. The summed E-state index contributed by atoms with van der Waals surface area (Å²) in [6.45, 7) is 1.13. The van der Waals surface area contributed by atoms with Gasteiger partial charge in [0.1, 0.15) is 18.9 Å². The van der Waals surface area contributed by atoms with Gasteiger partial charge in [-0.3, -0.25) is 19.1 Å². The molecule has 3 N–H and O–H groups in total. The lowest BCUT2D eigenvalue weighted by molar-refractivity contribution is -0.146. The number of H-pyrrole nitrogens is 1. The highest BCUT2D eigenvalue weighted by molar-refractivity contribution is 5.71. The first kappa shape index (κ1) is 16.7. The minimum atomic E-state index is -0.741. The summed E-state index contributed by atoms with van der Waals surface area (Å²) in [4.78, 5) is 39.3. The minimum Gasteiger partial charge on any atom is -0.462 e. The zero-order valence-electron chi connectivity index (χ0n) is 12.3. The summed E-state index contributed by atoms with van der Waals surface area (Å²) in [6, 6.07) is -0.616. The largest absolute Gasteiger partial charge is 0.462 e. The van der Waals surface area contributed by atoms with Crippen LogP contribution in [0.3, 0.4) is 0 Å². The maximum Gasteiger partial charge on any atom is 0.330 e. The second-order valence-corrected chi connectivity index (χ2v) is 5.00. The lowest BCUT2D eigenvalue weighted by Gasteiger charge is -2.16.